The van der Waals surface area contributed by atoms with Gasteiger partial charge in [-0.05, 0) is 25.2 Å². The van der Waals surface area contributed by atoms with Crippen LogP contribution in [-0.2, 0) is 20.2 Å². The number of halogens is 1. The third kappa shape index (κ3) is 3.97. The molecule has 1 heterocycles. The molecule has 0 atom stereocenters. The Morgan fingerprint density at radius 3 is 2.62 bits per heavy atom. The number of aromatic amines is 1. The Balaban J connectivity index is 2.10. The van der Waals surface area contributed by atoms with Crippen molar-refractivity contribution in [3.05, 3.63) is 11.4 Å². The Hall–Kier alpha value is -1.08. The third-order valence-electron chi connectivity index (χ3n) is 3.76. The molecule has 0 saturated heterocycles. The Bertz CT molecular complexity index is 606. The van der Waals surface area contributed by atoms with Crippen molar-refractivity contribution in [2.24, 2.45) is 5.92 Å². The maximum atomic E-state index is 12.1. The first kappa shape index (κ1) is 16.3. The molecule has 2 rings (SSSR count). The zero-order valence-electron chi connectivity index (χ0n) is 11.9. The normalized spacial score (nSPS) is 16.9. The van der Waals surface area contributed by atoms with Crippen LogP contribution in [-0.4, -0.2) is 31.2 Å². The van der Waals surface area contributed by atoms with Gasteiger partial charge < -0.3 is 4.74 Å². The predicted molar refractivity (Wildman–Crippen MR) is 77.9 cm³/mol. The minimum absolute atomic E-state index is 0.252. The summed E-state index contributed by atoms with van der Waals surface area (Å²) < 4.78 is 28.4. The van der Waals surface area contributed by atoms with Crippen molar-refractivity contribution in [2.45, 2.75) is 50.3 Å². The number of aryl methyl sites for hydroxylation is 1. The Morgan fingerprint density at radius 1 is 1.38 bits per heavy atom. The second-order valence-corrected chi connectivity index (χ2v) is 7.78. The molecule has 0 aliphatic heterocycles. The van der Waals surface area contributed by atoms with Gasteiger partial charge in [0, 0.05) is 10.7 Å². The summed E-state index contributed by atoms with van der Waals surface area (Å²) in [6.07, 6.45) is 5.96. The van der Waals surface area contributed by atoms with Crippen LogP contribution in [0.2, 0.25) is 0 Å². The molecule has 1 aromatic heterocycles. The SMILES string of the molecule is CCc1[nH]nc(C(=O)OCC2CCCCC2)c1S(=O)(=O)Cl. The van der Waals surface area contributed by atoms with E-state index < -0.39 is 15.0 Å². The summed E-state index contributed by atoms with van der Waals surface area (Å²) in [5, 5.41) is 6.29. The number of hydrogen-bond donors (Lipinski definition) is 1. The summed E-state index contributed by atoms with van der Waals surface area (Å²) in [6.45, 7) is 2.05. The van der Waals surface area contributed by atoms with E-state index in [2.05, 4.69) is 10.2 Å². The average molecular weight is 335 g/mol. The minimum atomic E-state index is -4.04. The van der Waals surface area contributed by atoms with Crippen LogP contribution in [0.1, 0.15) is 55.2 Å². The van der Waals surface area contributed by atoms with Gasteiger partial charge in [-0.15, -0.1) is 0 Å². The van der Waals surface area contributed by atoms with Crippen LogP contribution in [0.4, 0.5) is 0 Å². The van der Waals surface area contributed by atoms with Gasteiger partial charge >= 0.3 is 5.97 Å². The van der Waals surface area contributed by atoms with E-state index in [1.54, 1.807) is 6.92 Å². The highest BCUT2D eigenvalue weighted by molar-refractivity contribution is 8.13. The van der Waals surface area contributed by atoms with Crippen molar-refractivity contribution in [1.82, 2.24) is 10.2 Å². The predicted octanol–water partition coefficient (Wildman–Crippen LogP) is 2.64. The van der Waals surface area contributed by atoms with Crippen LogP contribution >= 0.6 is 10.7 Å². The number of hydrogen-bond acceptors (Lipinski definition) is 5. The van der Waals surface area contributed by atoms with Crippen molar-refractivity contribution in [2.75, 3.05) is 6.61 Å². The molecule has 6 nitrogen and oxygen atoms in total. The fraction of sp³-hybridized carbons (Fsp3) is 0.692. The molecule has 0 spiro atoms. The van der Waals surface area contributed by atoms with E-state index in [4.69, 9.17) is 15.4 Å². The molecule has 8 heteroatoms. The maximum Gasteiger partial charge on any atom is 0.360 e. The number of carbonyl (C=O) groups is 1. The lowest BCUT2D eigenvalue weighted by atomic mass is 9.90. The van der Waals surface area contributed by atoms with E-state index in [0.29, 0.717) is 24.6 Å². The van der Waals surface area contributed by atoms with E-state index in [1.807, 2.05) is 0 Å². The van der Waals surface area contributed by atoms with Crippen LogP contribution < -0.4 is 0 Å². The number of H-pyrrole nitrogens is 1. The van der Waals surface area contributed by atoms with Gasteiger partial charge in [-0.1, -0.05) is 26.2 Å². The second-order valence-electron chi connectivity index (χ2n) is 5.27. The van der Waals surface area contributed by atoms with Crippen molar-refractivity contribution in [3.8, 4) is 0 Å². The fourth-order valence-electron chi connectivity index (χ4n) is 2.62. The number of carbonyl (C=O) groups excluding carboxylic acids is 1. The maximum absolute atomic E-state index is 12.1. The lowest BCUT2D eigenvalue weighted by Gasteiger charge is -2.20. The summed E-state index contributed by atoms with van der Waals surface area (Å²) in [5.41, 5.74) is 0.0623. The van der Waals surface area contributed by atoms with Gasteiger partial charge in [0.2, 0.25) is 0 Å². The van der Waals surface area contributed by atoms with Gasteiger partial charge in [-0.25, -0.2) is 13.2 Å². The molecule has 0 amide bonds. The first-order chi connectivity index (χ1) is 9.93. The van der Waals surface area contributed by atoms with Crippen LogP contribution in [0.3, 0.4) is 0 Å². The quantitative estimate of drug-likeness (QED) is 0.660. The van der Waals surface area contributed by atoms with E-state index in [9.17, 15) is 13.2 Å². The monoisotopic (exact) mass is 334 g/mol. The first-order valence-electron chi connectivity index (χ1n) is 7.12. The van der Waals surface area contributed by atoms with Crippen LogP contribution in [0.15, 0.2) is 4.90 Å². The molecule has 0 bridgehead atoms. The molecule has 1 fully saturated rings. The van der Waals surface area contributed by atoms with Gasteiger partial charge in [0.1, 0.15) is 4.90 Å². The summed E-state index contributed by atoms with van der Waals surface area (Å²) in [6, 6.07) is 0. The summed E-state index contributed by atoms with van der Waals surface area (Å²) in [4.78, 5) is 11.8. The zero-order chi connectivity index (χ0) is 15.5. The summed E-state index contributed by atoms with van der Waals surface area (Å²) >= 11 is 0. The fourth-order valence-corrected chi connectivity index (χ4v) is 3.97. The number of ether oxygens (including phenoxy) is 1. The molecule has 1 saturated carbocycles. The number of nitrogens with zero attached hydrogens (tertiary/aromatic N) is 1. The highest BCUT2D eigenvalue weighted by atomic mass is 35.7. The summed E-state index contributed by atoms with van der Waals surface area (Å²) in [5.74, 6) is -0.390. The van der Waals surface area contributed by atoms with Gasteiger partial charge in [-0.3, -0.25) is 5.10 Å². The van der Waals surface area contributed by atoms with Crippen molar-refractivity contribution >= 4 is 25.7 Å². The topological polar surface area (TPSA) is 89.1 Å². The molecule has 1 aromatic rings. The average Bonchev–Trinajstić information content (AvgIpc) is 2.90. The molecular weight excluding hydrogens is 316 g/mol. The molecule has 0 radical (unpaired) electrons. The molecule has 1 N–H and O–H groups in total. The molecule has 0 unspecified atom stereocenters. The van der Waals surface area contributed by atoms with Gasteiger partial charge in [0.25, 0.3) is 9.05 Å². The zero-order valence-corrected chi connectivity index (χ0v) is 13.5. The van der Waals surface area contributed by atoms with Gasteiger partial charge in [0.05, 0.1) is 12.3 Å². The second kappa shape index (κ2) is 6.79. The number of aromatic nitrogens is 2. The van der Waals surface area contributed by atoms with Crippen molar-refractivity contribution in [1.29, 1.82) is 0 Å². The molecule has 1 aliphatic rings. The van der Waals surface area contributed by atoms with Crippen molar-refractivity contribution < 1.29 is 17.9 Å². The number of nitrogens with one attached hydrogen (secondary N) is 1. The van der Waals surface area contributed by atoms with Crippen molar-refractivity contribution in [3.63, 3.8) is 0 Å². The molecule has 1 aliphatic carbocycles. The molecule has 0 aromatic carbocycles. The Kier molecular flexibility index (Phi) is 5.27. The van der Waals surface area contributed by atoms with E-state index in [-0.39, 0.29) is 10.6 Å². The van der Waals surface area contributed by atoms with Gasteiger partial charge in [-0.2, -0.15) is 5.10 Å². The van der Waals surface area contributed by atoms with Gasteiger partial charge in [0.15, 0.2) is 5.69 Å². The lowest BCUT2D eigenvalue weighted by molar-refractivity contribution is 0.0399. The van der Waals surface area contributed by atoms with Crippen LogP contribution in [0, 0.1) is 5.92 Å². The standard InChI is InChI=1S/C13H19ClN2O4S/c1-2-10-12(21(14,18)19)11(16-15-10)13(17)20-8-9-6-4-3-5-7-9/h9H,2-8H2,1H3,(H,15,16). The Morgan fingerprint density at radius 2 is 2.05 bits per heavy atom. The molecule has 21 heavy (non-hydrogen) atoms. The third-order valence-corrected chi connectivity index (χ3v) is 5.15. The highest BCUT2D eigenvalue weighted by Crippen LogP contribution is 2.26. The van der Waals surface area contributed by atoms with Crippen LogP contribution in [0.5, 0.6) is 0 Å². The van der Waals surface area contributed by atoms with Crippen LogP contribution in [0.25, 0.3) is 0 Å². The lowest BCUT2D eigenvalue weighted by Crippen LogP contribution is -2.18. The highest BCUT2D eigenvalue weighted by Gasteiger charge is 2.29. The summed E-state index contributed by atoms with van der Waals surface area (Å²) in [7, 11) is 1.34. The van der Waals surface area contributed by atoms with E-state index >= 15 is 0 Å². The molecule has 118 valence electrons. The largest absolute Gasteiger partial charge is 0.461 e. The smallest absolute Gasteiger partial charge is 0.360 e. The minimum Gasteiger partial charge on any atom is -0.461 e. The first-order valence-corrected chi connectivity index (χ1v) is 9.43. The van der Waals surface area contributed by atoms with E-state index in [1.165, 1.54) is 6.42 Å². The molecular formula is C13H19ClN2O4S. The van der Waals surface area contributed by atoms with E-state index in [0.717, 1.165) is 25.7 Å². The Labute approximate surface area is 128 Å². The number of esters is 1. The number of rotatable bonds is 5.